The Labute approximate surface area is 172 Å². The van der Waals surface area contributed by atoms with Crippen LogP contribution in [0.2, 0.25) is 0 Å². The standard InChI is InChI=1S/C21H33N5O3/c1-4-22-20(23-16-21(9-5-6-10-21)19(28)24(2)3)26-13-11-25(12-14-26)18(27)17-8-7-15-29-17/h7-8,15H,4-6,9-14,16H2,1-3H3,(H,22,23). The first-order chi connectivity index (χ1) is 14.0. The van der Waals surface area contributed by atoms with Gasteiger partial charge in [-0.25, -0.2) is 0 Å². The van der Waals surface area contributed by atoms with Crippen LogP contribution in [0.15, 0.2) is 27.8 Å². The van der Waals surface area contributed by atoms with Gasteiger partial charge in [-0.3, -0.25) is 14.6 Å². The van der Waals surface area contributed by atoms with Gasteiger partial charge in [0.15, 0.2) is 11.7 Å². The first-order valence-corrected chi connectivity index (χ1v) is 10.5. The van der Waals surface area contributed by atoms with Crippen molar-refractivity contribution < 1.29 is 14.0 Å². The van der Waals surface area contributed by atoms with Crippen LogP contribution >= 0.6 is 0 Å². The number of carbonyl (C=O) groups excluding carboxylic acids is 2. The lowest BCUT2D eigenvalue weighted by Crippen LogP contribution is -2.54. The molecule has 1 aromatic heterocycles. The first kappa shape index (κ1) is 21.2. The molecule has 2 fully saturated rings. The summed E-state index contributed by atoms with van der Waals surface area (Å²) in [6.45, 7) is 5.96. The third kappa shape index (κ3) is 4.74. The molecule has 1 N–H and O–H groups in total. The maximum atomic E-state index is 12.8. The van der Waals surface area contributed by atoms with E-state index in [0.29, 0.717) is 38.5 Å². The summed E-state index contributed by atoms with van der Waals surface area (Å²) in [5.74, 6) is 1.32. The Morgan fingerprint density at radius 3 is 2.38 bits per heavy atom. The van der Waals surface area contributed by atoms with E-state index in [2.05, 4.69) is 10.2 Å². The van der Waals surface area contributed by atoms with Crippen molar-refractivity contribution in [1.29, 1.82) is 0 Å². The van der Waals surface area contributed by atoms with E-state index in [0.717, 1.165) is 38.2 Å². The highest BCUT2D eigenvalue weighted by atomic mass is 16.3. The Bertz CT molecular complexity index is 715. The Morgan fingerprint density at radius 1 is 1.17 bits per heavy atom. The van der Waals surface area contributed by atoms with Crippen LogP contribution in [0.3, 0.4) is 0 Å². The number of furan rings is 1. The van der Waals surface area contributed by atoms with Crippen LogP contribution in [0.5, 0.6) is 0 Å². The summed E-state index contributed by atoms with van der Waals surface area (Å²) in [6, 6.07) is 3.43. The number of rotatable bonds is 5. The number of nitrogens with zero attached hydrogens (tertiary/aromatic N) is 4. The molecule has 0 spiro atoms. The number of hydrogen-bond acceptors (Lipinski definition) is 4. The summed E-state index contributed by atoms with van der Waals surface area (Å²) in [6.07, 6.45) is 5.49. The average Bonchev–Trinajstić information content (AvgIpc) is 3.43. The van der Waals surface area contributed by atoms with Crippen LogP contribution in [0.1, 0.15) is 43.2 Å². The topological polar surface area (TPSA) is 81.4 Å². The van der Waals surface area contributed by atoms with Gasteiger partial charge in [-0.1, -0.05) is 12.8 Å². The molecule has 0 aromatic carbocycles. The van der Waals surface area contributed by atoms with Gasteiger partial charge in [0.25, 0.3) is 5.91 Å². The van der Waals surface area contributed by atoms with Gasteiger partial charge in [0, 0.05) is 46.8 Å². The van der Waals surface area contributed by atoms with Crippen molar-refractivity contribution >= 4 is 17.8 Å². The minimum absolute atomic E-state index is 0.0712. The molecule has 3 rings (SSSR count). The Kier molecular flexibility index (Phi) is 6.82. The molecule has 0 atom stereocenters. The average molecular weight is 404 g/mol. The Balaban J connectivity index is 1.65. The van der Waals surface area contributed by atoms with Crippen LogP contribution < -0.4 is 5.32 Å². The summed E-state index contributed by atoms with van der Waals surface area (Å²) in [4.78, 5) is 35.9. The molecule has 0 radical (unpaired) electrons. The number of nitrogens with one attached hydrogen (secondary N) is 1. The van der Waals surface area contributed by atoms with E-state index in [1.54, 1.807) is 17.0 Å². The second-order valence-electron chi connectivity index (χ2n) is 8.11. The molecule has 0 bridgehead atoms. The smallest absolute Gasteiger partial charge is 0.289 e. The second kappa shape index (κ2) is 9.33. The van der Waals surface area contributed by atoms with Crippen LogP contribution in [0, 0.1) is 5.41 Å². The highest BCUT2D eigenvalue weighted by molar-refractivity contribution is 5.91. The van der Waals surface area contributed by atoms with E-state index in [1.165, 1.54) is 6.26 Å². The fourth-order valence-corrected chi connectivity index (χ4v) is 4.30. The predicted octanol–water partition coefficient (Wildman–Crippen LogP) is 1.65. The number of amides is 2. The van der Waals surface area contributed by atoms with E-state index in [9.17, 15) is 9.59 Å². The summed E-state index contributed by atoms with van der Waals surface area (Å²) >= 11 is 0. The molecule has 8 heteroatoms. The SMILES string of the molecule is CCNC(=NCC1(C(=O)N(C)C)CCCC1)N1CCN(C(=O)c2ccco2)CC1. The molecule has 8 nitrogen and oxygen atoms in total. The largest absolute Gasteiger partial charge is 0.459 e. The van der Waals surface area contributed by atoms with E-state index in [1.807, 2.05) is 25.9 Å². The van der Waals surface area contributed by atoms with Gasteiger partial charge in [0.2, 0.25) is 5.91 Å². The molecule has 1 aliphatic carbocycles. The van der Waals surface area contributed by atoms with Gasteiger partial charge in [0.1, 0.15) is 0 Å². The molecule has 29 heavy (non-hydrogen) atoms. The molecule has 1 saturated carbocycles. The first-order valence-electron chi connectivity index (χ1n) is 10.5. The third-order valence-corrected chi connectivity index (χ3v) is 5.89. The fraction of sp³-hybridized carbons (Fsp3) is 0.667. The van der Waals surface area contributed by atoms with Crippen molar-refractivity contribution in [3.8, 4) is 0 Å². The van der Waals surface area contributed by atoms with E-state index < -0.39 is 0 Å². The van der Waals surface area contributed by atoms with Crippen molar-refractivity contribution in [2.45, 2.75) is 32.6 Å². The van der Waals surface area contributed by atoms with Crippen LogP contribution in [-0.4, -0.2) is 85.8 Å². The highest BCUT2D eigenvalue weighted by Gasteiger charge is 2.42. The molecule has 1 aliphatic heterocycles. The highest BCUT2D eigenvalue weighted by Crippen LogP contribution is 2.39. The summed E-state index contributed by atoms with van der Waals surface area (Å²) in [5, 5.41) is 3.36. The molecular weight excluding hydrogens is 370 g/mol. The summed E-state index contributed by atoms with van der Waals surface area (Å²) in [5.41, 5.74) is -0.374. The Hall–Kier alpha value is -2.51. The lowest BCUT2D eigenvalue weighted by Gasteiger charge is -2.37. The lowest BCUT2D eigenvalue weighted by atomic mass is 9.85. The number of hydrogen-bond donors (Lipinski definition) is 1. The van der Waals surface area contributed by atoms with Gasteiger partial charge >= 0.3 is 0 Å². The van der Waals surface area contributed by atoms with Gasteiger partial charge in [-0.2, -0.15) is 0 Å². The predicted molar refractivity (Wildman–Crippen MR) is 112 cm³/mol. The molecule has 1 aromatic rings. The van der Waals surface area contributed by atoms with Gasteiger partial charge in [-0.05, 0) is 31.9 Å². The second-order valence-corrected chi connectivity index (χ2v) is 8.11. The molecule has 1 saturated heterocycles. The summed E-state index contributed by atoms with van der Waals surface area (Å²) < 4.78 is 5.23. The van der Waals surface area contributed by atoms with Crippen molar-refractivity contribution in [3.05, 3.63) is 24.2 Å². The van der Waals surface area contributed by atoms with Gasteiger partial charge in [0.05, 0.1) is 18.2 Å². The fourth-order valence-electron chi connectivity index (χ4n) is 4.30. The van der Waals surface area contributed by atoms with Crippen molar-refractivity contribution in [2.75, 3.05) is 53.4 Å². The van der Waals surface area contributed by atoms with Crippen LogP contribution in [0.25, 0.3) is 0 Å². The van der Waals surface area contributed by atoms with Gasteiger partial charge in [-0.15, -0.1) is 0 Å². The number of carbonyl (C=O) groups is 2. The van der Waals surface area contributed by atoms with Crippen molar-refractivity contribution in [2.24, 2.45) is 10.4 Å². The maximum Gasteiger partial charge on any atom is 0.289 e. The molecular formula is C21H33N5O3. The van der Waals surface area contributed by atoms with Crippen LogP contribution in [0.4, 0.5) is 0 Å². The zero-order chi connectivity index (χ0) is 20.9. The number of aliphatic imine (C=N–C) groups is 1. The van der Waals surface area contributed by atoms with E-state index >= 15 is 0 Å². The summed E-state index contributed by atoms with van der Waals surface area (Å²) in [7, 11) is 3.65. The maximum absolute atomic E-state index is 12.8. The van der Waals surface area contributed by atoms with Crippen LogP contribution in [-0.2, 0) is 4.79 Å². The zero-order valence-corrected chi connectivity index (χ0v) is 17.8. The molecule has 2 heterocycles. The monoisotopic (exact) mass is 403 g/mol. The molecule has 2 amide bonds. The minimum atomic E-state index is -0.374. The van der Waals surface area contributed by atoms with Crippen molar-refractivity contribution in [3.63, 3.8) is 0 Å². The Morgan fingerprint density at radius 2 is 1.83 bits per heavy atom. The zero-order valence-electron chi connectivity index (χ0n) is 17.8. The van der Waals surface area contributed by atoms with Crippen molar-refractivity contribution in [1.82, 2.24) is 20.0 Å². The van der Waals surface area contributed by atoms with E-state index in [-0.39, 0.29) is 17.2 Å². The lowest BCUT2D eigenvalue weighted by molar-refractivity contribution is -0.138. The van der Waals surface area contributed by atoms with E-state index in [4.69, 9.17) is 9.41 Å². The minimum Gasteiger partial charge on any atom is -0.459 e. The third-order valence-electron chi connectivity index (χ3n) is 5.89. The quantitative estimate of drug-likeness (QED) is 0.597. The molecule has 2 aliphatic rings. The number of piperazine rings is 1. The normalized spacial score (nSPS) is 19.3. The molecule has 160 valence electrons. The molecule has 0 unspecified atom stereocenters. The number of guanidine groups is 1. The van der Waals surface area contributed by atoms with Gasteiger partial charge < -0.3 is 24.4 Å².